The number of aromatic nitrogens is 3. The van der Waals surface area contributed by atoms with E-state index >= 15 is 0 Å². The summed E-state index contributed by atoms with van der Waals surface area (Å²) in [7, 11) is 0. The summed E-state index contributed by atoms with van der Waals surface area (Å²) in [5, 5.41) is 19.7. The Morgan fingerprint density at radius 3 is 2.82 bits per heavy atom. The Hall–Kier alpha value is -2.44. The van der Waals surface area contributed by atoms with Crippen LogP contribution < -0.4 is 4.90 Å². The van der Waals surface area contributed by atoms with E-state index in [1.165, 1.54) is 12.8 Å². The van der Waals surface area contributed by atoms with Crippen LogP contribution >= 0.6 is 0 Å². The molecule has 1 aromatic carbocycles. The molecule has 0 amide bonds. The van der Waals surface area contributed by atoms with E-state index < -0.39 is 0 Å². The summed E-state index contributed by atoms with van der Waals surface area (Å²) in [6.45, 7) is 1.53. The third-order valence-electron chi connectivity index (χ3n) is 4.48. The van der Waals surface area contributed by atoms with Gasteiger partial charge in [0.2, 0.25) is 0 Å². The highest BCUT2D eigenvalue weighted by Crippen LogP contribution is 2.39. The second kappa shape index (κ2) is 5.08. The Kier molecular flexibility index (Phi) is 3.06. The van der Waals surface area contributed by atoms with E-state index in [0.29, 0.717) is 11.6 Å². The highest BCUT2D eigenvalue weighted by molar-refractivity contribution is 5.63. The lowest BCUT2D eigenvalue weighted by molar-refractivity contribution is -0.384. The van der Waals surface area contributed by atoms with Crippen molar-refractivity contribution >= 4 is 11.4 Å². The zero-order chi connectivity index (χ0) is 15.1. The Morgan fingerprint density at radius 2 is 2.05 bits per heavy atom. The van der Waals surface area contributed by atoms with Gasteiger partial charge in [0.1, 0.15) is 5.69 Å². The first-order valence-corrected chi connectivity index (χ1v) is 7.62. The lowest BCUT2D eigenvalue weighted by Gasteiger charge is -2.18. The van der Waals surface area contributed by atoms with Crippen LogP contribution in [0.4, 0.5) is 11.4 Å². The number of hydrogen-bond acceptors (Lipinski definition) is 5. The molecule has 2 heterocycles. The Morgan fingerprint density at radius 1 is 1.23 bits per heavy atom. The van der Waals surface area contributed by atoms with Crippen molar-refractivity contribution in [2.45, 2.75) is 31.2 Å². The molecule has 0 radical (unpaired) electrons. The maximum absolute atomic E-state index is 11.2. The van der Waals surface area contributed by atoms with E-state index in [4.69, 9.17) is 0 Å². The molecule has 2 aliphatic rings. The van der Waals surface area contributed by atoms with E-state index in [1.807, 2.05) is 23.0 Å². The molecule has 4 rings (SSSR count). The Balaban J connectivity index is 1.53. The third kappa shape index (κ3) is 2.32. The zero-order valence-electron chi connectivity index (χ0n) is 12.1. The van der Waals surface area contributed by atoms with Gasteiger partial charge in [-0.05, 0) is 25.3 Å². The SMILES string of the molecule is O=[N+]([O-])c1ccccc1N1CCC(n2cc(C3CC3)nn2)C1. The molecule has 22 heavy (non-hydrogen) atoms. The largest absolute Gasteiger partial charge is 0.364 e. The van der Waals surface area contributed by atoms with Crippen LogP contribution in [0.25, 0.3) is 0 Å². The maximum atomic E-state index is 11.2. The van der Waals surface area contributed by atoms with Crippen molar-refractivity contribution in [1.82, 2.24) is 15.0 Å². The van der Waals surface area contributed by atoms with Crippen LogP contribution in [0.3, 0.4) is 0 Å². The van der Waals surface area contributed by atoms with E-state index in [-0.39, 0.29) is 16.7 Å². The Labute approximate surface area is 127 Å². The molecule has 0 bridgehead atoms. The van der Waals surface area contributed by atoms with Crippen LogP contribution in [-0.4, -0.2) is 33.0 Å². The van der Waals surface area contributed by atoms with Gasteiger partial charge in [0.25, 0.3) is 5.69 Å². The van der Waals surface area contributed by atoms with Crippen molar-refractivity contribution in [1.29, 1.82) is 0 Å². The molecule has 1 aromatic heterocycles. The van der Waals surface area contributed by atoms with Gasteiger partial charge in [-0.3, -0.25) is 10.1 Å². The van der Waals surface area contributed by atoms with Gasteiger partial charge in [-0.2, -0.15) is 0 Å². The summed E-state index contributed by atoms with van der Waals surface area (Å²) < 4.78 is 1.93. The normalized spacial score (nSPS) is 21.3. The predicted octanol–water partition coefficient (Wildman–Crippen LogP) is 2.52. The fraction of sp³-hybridized carbons (Fsp3) is 0.467. The fourth-order valence-electron chi connectivity index (χ4n) is 3.10. The van der Waals surface area contributed by atoms with Crippen molar-refractivity contribution in [3.63, 3.8) is 0 Å². The summed E-state index contributed by atoms with van der Waals surface area (Å²) >= 11 is 0. The highest BCUT2D eigenvalue weighted by atomic mass is 16.6. The first-order valence-electron chi connectivity index (χ1n) is 7.62. The summed E-state index contributed by atoms with van der Waals surface area (Å²) in [5.41, 5.74) is 1.95. The second-order valence-electron chi connectivity index (χ2n) is 6.03. The molecule has 1 saturated heterocycles. The molecule has 7 nitrogen and oxygen atoms in total. The van der Waals surface area contributed by atoms with E-state index in [2.05, 4.69) is 15.2 Å². The van der Waals surface area contributed by atoms with Gasteiger partial charge in [-0.25, -0.2) is 4.68 Å². The van der Waals surface area contributed by atoms with Gasteiger partial charge in [0, 0.05) is 31.3 Å². The number of nitro benzene ring substituents is 1. The first kappa shape index (κ1) is 13.2. The number of para-hydroxylation sites is 2. The van der Waals surface area contributed by atoms with Gasteiger partial charge in [0.05, 0.1) is 16.7 Å². The van der Waals surface area contributed by atoms with Crippen LogP contribution in [0, 0.1) is 10.1 Å². The number of nitro groups is 1. The number of anilines is 1. The minimum Gasteiger partial charge on any atom is -0.364 e. The maximum Gasteiger partial charge on any atom is 0.292 e. The topological polar surface area (TPSA) is 77.1 Å². The minimum absolute atomic E-state index is 0.167. The molecule has 114 valence electrons. The number of rotatable bonds is 4. The van der Waals surface area contributed by atoms with Crippen molar-refractivity contribution in [2.75, 3.05) is 18.0 Å². The van der Waals surface area contributed by atoms with Gasteiger partial charge >= 0.3 is 0 Å². The Bertz CT molecular complexity index is 709. The monoisotopic (exact) mass is 299 g/mol. The molecule has 7 heteroatoms. The standard InChI is InChI=1S/C15H17N5O2/c21-20(22)15-4-2-1-3-14(15)18-8-7-12(9-18)19-10-13(16-17-19)11-5-6-11/h1-4,10-12H,5-9H2. The van der Waals surface area contributed by atoms with Crippen molar-refractivity contribution in [3.8, 4) is 0 Å². The molecule has 1 saturated carbocycles. The van der Waals surface area contributed by atoms with E-state index in [0.717, 1.165) is 25.2 Å². The lowest BCUT2D eigenvalue weighted by Crippen LogP contribution is -2.22. The molecule has 1 atom stereocenters. The van der Waals surface area contributed by atoms with Crippen LogP contribution in [-0.2, 0) is 0 Å². The summed E-state index contributed by atoms with van der Waals surface area (Å²) in [4.78, 5) is 12.9. The van der Waals surface area contributed by atoms with Crippen LogP contribution in [0.2, 0.25) is 0 Å². The van der Waals surface area contributed by atoms with Crippen molar-refractivity contribution in [2.24, 2.45) is 0 Å². The van der Waals surface area contributed by atoms with Gasteiger partial charge < -0.3 is 4.90 Å². The zero-order valence-corrected chi connectivity index (χ0v) is 12.1. The quantitative estimate of drug-likeness (QED) is 0.640. The number of nitrogens with zero attached hydrogens (tertiary/aromatic N) is 5. The van der Waals surface area contributed by atoms with Crippen LogP contribution in [0.5, 0.6) is 0 Å². The fourth-order valence-corrected chi connectivity index (χ4v) is 3.10. The first-order chi connectivity index (χ1) is 10.7. The molecular weight excluding hydrogens is 282 g/mol. The van der Waals surface area contributed by atoms with Crippen LogP contribution in [0.1, 0.15) is 36.9 Å². The minimum atomic E-state index is -0.316. The molecule has 1 aliphatic heterocycles. The summed E-state index contributed by atoms with van der Waals surface area (Å²) in [5.74, 6) is 0.599. The van der Waals surface area contributed by atoms with Gasteiger partial charge in [0.15, 0.2) is 0 Å². The second-order valence-corrected chi connectivity index (χ2v) is 6.03. The van der Waals surface area contributed by atoms with Crippen molar-refractivity contribution < 1.29 is 4.92 Å². The molecular formula is C15H17N5O2. The summed E-state index contributed by atoms with van der Waals surface area (Å²) in [6.07, 6.45) is 5.40. The van der Waals surface area contributed by atoms with Crippen LogP contribution in [0.15, 0.2) is 30.5 Å². The molecule has 0 spiro atoms. The van der Waals surface area contributed by atoms with Crippen molar-refractivity contribution in [3.05, 3.63) is 46.3 Å². The average molecular weight is 299 g/mol. The molecule has 2 aromatic rings. The number of benzene rings is 1. The smallest absolute Gasteiger partial charge is 0.292 e. The molecule has 1 aliphatic carbocycles. The van der Waals surface area contributed by atoms with E-state index in [1.54, 1.807) is 12.1 Å². The lowest BCUT2D eigenvalue weighted by atomic mass is 10.2. The van der Waals surface area contributed by atoms with E-state index in [9.17, 15) is 10.1 Å². The van der Waals surface area contributed by atoms with Gasteiger partial charge in [-0.1, -0.05) is 17.3 Å². The number of hydrogen-bond donors (Lipinski definition) is 0. The molecule has 1 unspecified atom stereocenters. The highest BCUT2D eigenvalue weighted by Gasteiger charge is 2.31. The molecule has 0 N–H and O–H groups in total. The summed E-state index contributed by atoms with van der Waals surface area (Å²) in [6, 6.07) is 7.16. The average Bonchev–Trinajstić information content (AvgIpc) is 3.07. The third-order valence-corrected chi connectivity index (χ3v) is 4.48. The predicted molar refractivity (Wildman–Crippen MR) is 81.0 cm³/mol. The van der Waals surface area contributed by atoms with Gasteiger partial charge in [-0.15, -0.1) is 5.10 Å². The molecule has 2 fully saturated rings.